The van der Waals surface area contributed by atoms with Crippen LogP contribution < -0.4 is 10.6 Å². The Morgan fingerprint density at radius 3 is 2.42 bits per heavy atom. The maximum absolute atomic E-state index is 4.95. The molecule has 5 nitrogen and oxygen atoms in total. The molecule has 2 heterocycles. The molecule has 2 aliphatic heterocycles. The molecule has 0 aromatic heterocycles. The number of hydrogen-bond donors (Lipinski definition) is 2. The van der Waals surface area contributed by atoms with E-state index in [0.29, 0.717) is 12.1 Å². The molecule has 3 fully saturated rings. The lowest BCUT2D eigenvalue weighted by Gasteiger charge is -2.26. The van der Waals surface area contributed by atoms with Gasteiger partial charge in [0, 0.05) is 37.8 Å². The first kappa shape index (κ1) is 22.2. The second kappa shape index (κ2) is 11.7. The molecule has 0 radical (unpaired) electrons. The first-order valence-corrected chi connectivity index (χ1v) is 10.8. The lowest BCUT2D eigenvalue weighted by Crippen LogP contribution is -2.46. The molecule has 0 spiro atoms. The van der Waals surface area contributed by atoms with Crippen LogP contribution >= 0.6 is 24.0 Å². The van der Waals surface area contributed by atoms with Crippen molar-refractivity contribution in [3.8, 4) is 0 Å². The Morgan fingerprint density at radius 2 is 1.77 bits per heavy atom. The van der Waals surface area contributed by atoms with Gasteiger partial charge >= 0.3 is 0 Å². The van der Waals surface area contributed by atoms with Crippen LogP contribution in [0.1, 0.15) is 65.2 Å². The van der Waals surface area contributed by atoms with Gasteiger partial charge in [0.25, 0.3) is 0 Å². The number of nitrogens with zero attached hydrogens (tertiary/aromatic N) is 3. The maximum Gasteiger partial charge on any atom is 0.191 e. The van der Waals surface area contributed by atoms with Crippen LogP contribution in [-0.4, -0.2) is 73.2 Å². The minimum absolute atomic E-state index is 0. The van der Waals surface area contributed by atoms with Crippen molar-refractivity contribution in [1.29, 1.82) is 0 Å². The lowest BCUT2D eigenvalue weighted by molar-refractivity contribution is 0.240. The van der Waals surface area contributed by atoms with Crippen LogP contribution in [0, 0.1) is 0 Å². The van der Waals surface area contributed by atoms with Crippen LogP contribution in [0.5, 0.6) is 0 Å². The monoisotopic (exact) mass is 477 g/mol. The summed E-state index contributed by atoms with van der Waals surface area (Å²) in [5.41, 5.74) is 0. The highest BCUT2D eigenvalue weighted by Crippen LogP contribution is 2.26. The molecule has 0 bridgehead atoms. The molecular weight excluding hydrogens is 437 g/mol. The van der Waals surface area contributed by atoms with Gasteiger partial charge in [-0.25, -0.2) is 0 Å². The summed E-state index contributed by atoms with van der Waals surface area (Å²) >= 11 is 0. The van der Waals surface area contributed by atoms with E-state index in [1.165, 1.54) is 77.5 Å². The van der Waals surface area contributed by atoms with Gasteiger partial charge in [0.15, 0.2) is 5.96 Å². The maximum atomic E-state index is 4.95. The highest BCUT2D eigenvalue weighted by Gasteiger charge is 2.30. The largest absolute Gasteiger partial charge is 0.357 e. The summed E-state index contributed by atoms with van der Waals surface area (Å²) in [6.45, 7) is 11.3. The SMILES string of the molecule is CCNC(=NCC(CC)N1CCCC1)NC1CCN(C2CCCC2)C1.I. The third-order valence-electron chi connectivity index (χ3n) is 6.33. The van der Waals surface area contributed by atoms with E-state index < -0.39 is 0 Å². The first-order chi connectivity index (χ1) is 12.3. The van der Waals surface area contributed by atoms with Gasteiger partial charge in [-0.1, -0.05) is 19.8 Å². The molecule has 0 aromatic rings. The highest BCUT2D eigenvalue weighted by atomic mass is 127. The molecule has 0 aromatic carbocycles. The van der Waals surface area contributed by atoms with Crippen LogP contribution in [0.4, 0.5) is 0 Å². The topological polar surface area (TPSA) is 42.9 Å². The Bertz CT molecular complexity index is 418. The van der Waals surface area contributed by atoms with E-state index >= 15 is 0 Å². The van der Waals surface area contributed by atoms with Crippen molar-refractivity contribution in [2.45, 2.75) is 83.3 Å². The van der Waals surface area contributed by atoms with Crippen molar-refractivity contribution >= 4 is 29.9 Å². The van der Waals surface area contributed by atoms with Crippen molar-refractivity contribution < 1.29 is 0 Å². The van der Waals surface area contributed by atoms with Gasteiger partial charge in [0.1, 0.15) is 0 Å². The van der Waals surface area contributed by atoms with E-state index in [2.05, 4.69) is 34.3 Å². The van der Waals surface area contributed by atoms with Gasteiger partial charge in [0.05, 0.1) is 6.54 Å². The van der Waals surface area contributed by atoms with E-state index in [9.17, 15) is 0 Å². The van der Waals surface area contributed by atoms with Gasteiger partial charge in [-0.2, -0.15) is 0 Å². The van der Waals surface area contributed by atoms with E-state index in [-0.39, 0.29) is 24.0 Å². The third kappa shape index (κ3) is 6.23. The van der Waals surface area contributed by atoms with Crippen molar-refractivity contribution in [2.75, 3.05) is 39.3 Å². The van der Waals surface area contributed by atoms with Crippen LogP contribution in [0.15, 0.2) is 4.99 Å². The number of rotatable bonds is 7. The summed E-state index contributed by atoms with van der Waals surface area (Å²) in [7, 11) is 0. The second-order valence-electron chi connectivity index (χ2n) is 8.09. The molecule has 2 atom stereocenters. The van der Waals surface area contributed by atoms with Crippen LogP contribution in [-0.2, 0) is 0 Å². The molecular formula is C20H40IN5. The van der Waals surface area contributed by atoms with E-state index in [4.69, 9.17) is 4.99 Å². The summed E-state index contributed by atoms with van der Waals surface area (Å²) in [6.07, 6.45) is 10.8. The number of aliphatic imine (C=N–C) groups is 1. The summed E-state index contributed by atoms with van der Waals surface area (Å²) in [6, 6.07) is 2.02. The Balaban J connectivity index is 0.00000243. The number of guanidine groups is 1. The van der Waals surface area contributed by atoms with Crippen molar-refractivity contribution in [3.63, 3.8) is 0 Å². The van der Waals surface area contributed by atoms with Gasteiger partial charge < -0.3 is 10.6 Å². The Kier molecular flexibility index (Phi) is 9.99. The Labute approximate surface area is 177 Å². The van der Waals surface area contributed by atoms with Gasteiger partial charge in [-0.05, 0) is 58.5 Å². The molecule has 2 unspecified atom stereocenters. The second-order valence-corrected chi connectivity index (χ2v) is 8.09. The van der Waals surface area contributed by atoms with Gasteiger partial charge in [0.2, 0.25) is 0 Å². The van der Waals surface area contributed by atoms with Crippen LogP contribution in [0.2, 0.25) is 0 Å². The molecule has 1 aliphatic carbocycles. The zero-order valence-corrected chi connectivity index (χ0v) is 19.2. The van der Waals surface area contributed by atoms with Crippen LogP contribution in [0.3, 0.4) is 0 Å². The molecule has 0 amide bonds. The summed E-state index contributed by atoms with van der Waals surface area (Å²) in [5.74, 6) is 1.03. The zero-order chi connectivity index (χ0) is 17.5. The molecule has 2 saturated heterocycles. The number of hydrogen-bond acceptors (Lipinski definition) is 3. The third-order valence-corrected chi connectivity index (χ3v) is 6.33. The molecule has 3 rings (SSSR count). The smallest absolute Gasteiger partial charge is 0.191 e. The lowest BCUT2D eigenvalue weighted by atomic mass is 10.2. The predicted molar refractivity (Wildman–Crippen MR) is 122 cm³/mol. The Hall–Kier alpha value is -0.0800. The van der Waals surface area contributed by atoms with E-state index in [0.717, 1.165) is 25.1 Å². The average Bonchev–Trinajstić information content (AvgIpc) is 3.37. The number of likely N-dealkylation sites (tertiary alicyclic amines) is 2. The standard InChI is InChI=1S/C20H39N5.HI/c1-3-18(24-12-7-8-13-24)15-22-20(21-4-2)23-17-11-14-25(16-17)19-9-5-6-10-19;/h17-19H,3-16H2,1-2H3,(H2,21,22,23);1H. The Morgan fingerprint density at radius 1 is 1.04 bits per heavy atom. The molecule has 152 valence electrons. The molecule has 26 heavy (non-hydrogen) atoms. The van der Waals surface area contributed by atoms with Crippen LogP contribution in [0.25, 0.3) is 0 Å². The van der Waals surface area contributed by atoms with Gasteiger partial charge in [-0.15, -0.1) is 24.0 Å². The zero-order valence-electron chi connectivity index (χ0n) is 16.9. The fourth-order valence-corrected chi connectivity index (χ4v) is 4.83. The predicted octanol–water partition coefficient (Wildman–Crippen LogP) is 3.05. The number of halogens is 1. The fraction of sp³-hybridized carbons (Fsp3) is 0.950. The summed E-state index contributed by atoms with van der Waals surface area (Å²) in [4.78, 5) is 10.3. The minimum atomic E-state index is 0. The van der Waals surface area contributed by atoms with E-state index in [1.807, 2.05) is 0 Å². The van der Waals surface area contributed by atoms with Crippen molar-refractivity contribution in [3.05, 3.63) is 0 Å². The molecule has 2 N–H and O–H groups in total. The van der Waals surface area contributed by atoms with Crippen molar-refractivity contribution in [1.82, 2.24) is 20.4 Å². The normalized spacial score (nSPS) is 26.8. The summed E-state index contributed by atoms with van der Waals surface area (Å²) < 4.78 is 0. The average molecular weight is 477 g/mol. The minimum Gasteiger partial charge on any atom is -0.357 e. The van der Waals surface area contributed by atoms with Gasteiger partial charge in [-0.3, -0.25) is 14.8 Å². The quantitative estimate of drug-likeness (QED) is 0.336. The fourth-order valence-electron chi connectivity index (χ4n) is 4.83. The molecule has 1 saturated carbocycles. The highest BCUT2D eigenvalue weighted by molar-refractivity contribution is 14.0. The first-order valence-electron chi connectivity index (χ1n) is 10.8. The summed E-state index contributed by atoms with van der Waals surface area (Å²) in [5, 5.41) is 7.18. The molecule has 3 aliphatic rings. The number of nitrogens with one attached hydrogen (secondary N) is 2. The van der Waals surface area contributed by atoms with E-state index in [1.54, 1.807) is 0 Å². The molecule has 6 heteroatoms. The van der Waals surface area contributed by atoms with Crippen molar-refractivity contribution in [2.24, 2.45) is 4.99 Å².